The van der Waals surface area contributed by atoms with Crippen LogP contribution < -0.4 is 0 Å². The predicted octanol–water partition coefficient (Wildman–Crippen LogP) is 0.851. The number of hydrogen-bond acceptors (Lipinski definition) is 5. The van der Waals surface area contributed by atoms with Crippen molar-refractivity contribution < 1.29 is 15.0 Å². The molecule has 1 amide bonds. The van der Waals surface area contributed by atoms with E-state index in [9.17, 15) is 15.0 Å². The molecule has 1 unspecified atom stereocenters. The molecule has 0 bridgehead atoms. The van der Waals surface area contributed by atoms with Crippen molar-refractivity contribution in [1.29, 1.82) is 0 Å². The van der Waals surface area contributed by atoms with E-state index in [1.807, 2.05) is 18.7 Å². The molecule has 6 heteroatoms. The van der Waals surface area contributed by atoms with E-state index in [0.717, 1.165) is 31.8 Å². The average molecular weight is 337 g/mol. The molecule has 2 rings (SSSR count). The molecule has 1 fully saturated rings. The zero-order valence-electron chi connectivity index (χ0n) is 15.3. The van der Waals surface area contributed by atoms with Crippen LogP contribution >= 0.6 is 0 Å². The second-order valence-electron chi connectivity index (χ2n) is 7.31. The Morgan fingerprint density at radius 3 is 2.46 bits per heavy atom. The lowest BCUT2D eigenvalue weighted by Crippen LogP contribution is -2.51. The van der Waals surface area contributed by atoms with Crippen molar-refractivity contribution in [2.24, 2.45) is 5.92 Å². The van der Waals surface area contributed by atoms with E-state index in [0.29, 0.717) is 18.7 Å². The van der Waals surface area contributed by atoms with Crippen LogP contribution in [0.25, 0.3) is 0 Å². The number of rotatable bonds is 5. The Hall–Kier alpha value is -1.37. The molecule has 1 aliphatic heterocycles. The van der Waals surface area contributed by atoms with E-state index < -0.39 is 6.10 Å². The van der Waals surface area contributed by atoms with Gasteiger partial charge in [0.1, 0.15) is 0 Å². The highest BCUT2D eigenvalue weighted by molar-refractivity contribution is 5.95. The number of aliphatic hydroxyl groups excluding tert-OH is 2. The van der Waals surface area contributed by atoms with Gasteiger partial charge in [-0.1, -0.05) is 13.8 Å². The number of likely N-dealkylation sites (N-methyl/N-ethyl adjacent to an activating group) is 1. The van der Waals surface area contributed by atoms with E-state index in [2.05, 4.69) is 23.9 Å². The van der Waals surface area contributed by atoms with Crippen LogP contribution in [0.1, 0.15) is 20.3 Å². The summed E-state index contributed by atoms with van der Waals surface area (Å²) < 4.78 is 0. The van der Waals surface area contributed by atoms with E-state index in [1.165, 1.54) is 0 Å². The first kappa shape index (κ1) is 19.0. The van der Waals surface area contributed by atoms with E-state index >= 15 is 0 Å². The highest BCUT2D eigenvalue weighted by Crippen LogP contribution is 2.28. The number of allylic oxidation sites excluding steroid dienone is 2. The zero-order valence-corrected chi connectivity index (χ0v) is 15.3. The fourth-order valence-corrected chi connectivity index (χ4v) is 3.16. The Morgan fingerprint density at radius 2 is 1.92 bits per heavy atom. The number of carbonyl (C=O) groups is 1. The van der Waals surface area contributed by atoms with Crippen molar-refractivity contribution in [1.82, 2.24) is 14.7 Å². The van der Waals surface area contributed by atoms with Crippen molar-refractivity contribution in [3.8, 4) is 0 Å². The minimum absolute atomic E-state index is 0.0968. The molecule has 24 heavy (non-hydrogen) atoms. The molecule has 1 atom stereocenters. The summed E-state index contributed by atoms with van der Waals surface area (Å²) in [6, 6.07) is 0. The molecule has 0 aromatic rings. The van der Waals surface area contributed by atoms with Crippen molar-refractivity contribution in [3.05, 3.63) is 23.0 Å². The number of aliphatic hydroxyl groups is 2. The van der Waals surface area contributed by atoms with Gasteiger partial charge in [0, 0.05) is 51.3 Å². The van der Waals surface area contributed by atoms with Crippen LogP contribution in [-0.4, -0.2) is 90.3 Å². The van der Waals surface area contributed by atoms with Gasteiger partial charge in [-0.3, -0.25) is 9.69 Å². The van der Waals surface area contributed by atoms with E-state index in [4.69, 9.17) is 0 Å². The Labute approximate surface area is 145 Å². The van der Waals surface area contributed by atoms with Crippen molar-refractivity contribution in [3.63, 3.8) is 0 Å². The van der Waals surface area contributed by atoms with Crippen molar-refractivity contribution in [2.45, 2.75) is 26.4 Å². The average Bonchev–Trinajstić information content (AvgIpc) is 2.52. The van der Waals surface area contributed by atoms with Gasteiger partial charge in [-0.05, 0) is 31.7 Å². The topological polar surface area (TPSA) is 67.2 Å². The van der Waals surface area contributed by atoms with Crippen LogP contribution in [0.2, 0.25) is 0 Å². The number of piperazine rings is 1. The van der Waals surface area contributed by atoms with Gasteiger partial charge in [0.05, 0.1) is 11.9 Å². The van der Waals surface area contributed by atoms with Gasteiger partial charge in [-0.25, -0.2) is 0 Å². The molecule has 1 heterocycles. The van der Waals surface area contributed by atoms with Crippen LogP contribution in [0.15, 0.2) is 23.0 Å². The van der Waals surface area contributed by atoms with E-state index in [1.54, 1.807) is 6.08 Å². The lowest BCUT2D eigenvalue weighted by molar-refractivity contribution is -0.130. The zero-order chi connectivity index (χ0) is 17.9. The Balaban J connectivity index is 1.98. The Morgan fingerprint density at radius 1 is 1.29 bits per heavy atom. The van der Waals surface area contributed by atoms with E-state index in [-0.39, 0.29) is 24.0 Å². The van der Waals surface area contributed by atoms with Gasteiger partial charge in [-0.15, -0.1) is 0 Å². The second-order valence-corrected chi connectivity index (χ2v) is 7.31. The summed E-state index contributed by atoms with van der Waals surface area (Å²) in [5.41, 5.74) is 1.17. The molecular weight excluding hydrogens is 306 g/mol. The summed E-state index contributed by atoms with van der Waals surface area (Å²) in [4.78, 5) is 19.1. The minimum Gasteiger partial charge on any atom is -0.512 e. The number of nitrogens with zero attached hydrogens (tertiary/aromatic N) is 3. The first-order valence-corrected chi connectivity index (χ1v) is 8.77. The summed E-state index contributed by atoms with van der Waals surface area (Å²) >= 11 is 0. The first-order valence-electron chi connectivity index (χ1n) is 8.77. The molecule has 136 valence electrons. The molecular formula is C18H31N3O3. The van der Waals surface area contributed by atoms with Crippen LogP contribution in [0.4, 0.5) is 0 Å². The quantitative estimate of drug-likeness (QED) is 0.779. The molecule has 0 saturated carbocycles. The lowest BCUT2D eigenvalue weighted by atomic mass is 9.88. The molecule has 0 aromatic carbocycles. The molecule has 0 spiro atoms. The van der Waals surface area contributed by atoms with Gasteiger partial charge in [-0.2, -0.15) is 0 Å². The third-order valence-electron chi connectivity index (χ3n) is 4.78. The summed E-state index contributed by atoms with van der Waals surface area (Å²) in [5, 5.41) is 20.2. The molecule has 0 aromatic heterocycles. The van der Waals surface area contributed by atoms with Gasteiger partial charge in [0.25, 0.3) is 5.91 Å². The van der Waals surface area contributed by atoms with Gasteiger partial charge in [0.2, 0.25) is 0 Å². The Bertz CT molecular complexity index is 518. The minimum atomic E-state index is -0.910. The summed E-state index contributed by atoms with van der Waals surface area (Å²) in [7, 11) is 4.12. The van der Waals surface area contributed by atoms with Crippen LogP contribution in [0, 0.1) is 5.92 Å². The Kier molecular flexibility index (Phi) is 6.43. The normalized spacial score (nSPS) is 23.2. The van der Waals surface area contributed by atoms with Gasteiger partial charge >= 0.3 is 0 Å². The molecule has 2 N–H and O–H groups in total. The molecule has 1 saturated heterocycles. The van der Waals surface area contributed by atoms with Crippen molar-refractivity contribution >= 4 is 5.91 Å². The third-order valence-corrected chi connectivity index (χ3v) is 4.78. The third kappa shape index (κ3) is 4.59. The highest BCUT2D eigenvalue weighted by Gasteiger charge is 2.31. The fraction of sp³-hybridized carbons (Fsp3) is 0.722. The van der Waals surface area contributed by atoms with Crippen molar-refractivity contribution in [2.75, 3.05) is 53.4 Å². The largest absolute Gasteiger partial charge is 0.512 e. The fourth-order valence-electron chi connectivity index (χ4n) is 3.16. The highest BCUT2D eigenvalue weighted by atomic mass is 16.3. The lowest BCUT2D eigenvalue weighted by Gasteiger charge is -2.36. The molecule has 6 nitrogen and oxygen atoms in total. The number of amides is 1. The standard InChI is InChI=1S/C18H31N3O3/c1-13(2)14-11-15(17(23)12-16(14)22)18(24)21-9-7-20(8-10-21)6-5-19(3)4/h11,13,17,22-23H,5-10,12H2,1-4H3. The smallest absolute Gasteiger partial charge is 0.252 e. The predicted molar refractivity (Wildman–Crippen MR) is 94.8 cm³/mol. The number of hydrogen-bond donors (Lipinski definition) is 2. The van der Waals surface area contributed by atoms with Crippen LogP contribution in [0.5, 0.6) is 0 Å². The monoisotopic (exact) mass is 337 g/mol. The molecule has 0 radical (unpaired) electrons. The molecule has 1 aliphatic carbocycles. The maximum atomic E-state index is 12.8. The molecule has 2 aliphatic rings. The summed E-state index contributed by atoms with van der Waals surface area (Å²) in [6.45, 7) is 9.07. The summed E-state index contributed by atoms with van der Waals surface area (Å²) in [6.07, 6.45) is 0.912. The van der Waals surface area contributed by atoms with Gasteiger partial charge < -0.3 is 20.0 Å². The maximum absolute atomic E-state index is 12.8. The first-order chi connectivity index (χ1) is 11.3. The van der Waals surface area contributed by atoms with Crippen LogP contribution in [-0.2, 0) is 4.79 Å². The van der Waals surface area contributed by atoms with Gasteiger partial charge in [0.15, 0.2) is 0 Å². The maximum Gasteiger partial charge on any atom is 0.252 e. The SMILES string of the molecule is CC(C)C1=C(O)CC(O)C(C(=O)N2CCN(CCN(C)C)CC2)=C1. The summed E-state index contributed by atoms with van der Waals surface area (Å²) in [5.74, 6) is 0.228. The van der Waals surface area contributed by atoms with Crippen LogP contribution in [0.3, 0.4) is 0 Å². The number of carbonyl (C=O) groups excluding carboxylic acids is 1. The second kappa shape index (κ2) is 8.14.